The summed E-state index contributed by atoms with van der Waals surface area (Å²) in [5.41, 5.74) is 1.87. The predicted octanol–water partition coefficient (Wildman–Crippen LogP) is 10.6. The molecule has 0 amide bonds. The van der Waals surface area contributed by atoms with Gasteiger partial charge < -0.3 is 18.9 Å². The van der Waals surface area contributed by atoms with E-state index in [1.54, 1.807) is 0 Å². The molecule has 2 aromatic rings. The van der Waals surface area contributed by atoms with E-state index in [2.05, 4.69) is 27.7 Å². The van der Waals surface area contributed by atoms with Gasteiger partial charge in [-0.1, -0.05) is 79.1 Å². The van der Waals surface area contributed by atoms with Gasteiger partial charge in [0.2, 0.25) is 0 Å². The molecule has 0 heterocycles. The lowest BCUT2D eigenvalue weighted by Crippen LogP contribution is -2.03. The first-order valence-corrected chi connectivity index (χ1v) is 16.4. The normalized spacial score (nSPS) is 11.8. The molecule has 2 aromatic carbocycles. The topological polar surface area (TPSA) is 36.9 Å². The molecular weight excluding hydrogens is 537 g/mol. The van der Waals surface area contributed by atoms with E-state index in [0.29, 0.717) is 26.4 Å². The highest BCUT2D eigenvalue weighted by molar-refractivity contribution is 7.96. The van der Waals surface area contributed by atoms with Gasteiger partial charge in [-0.3, -0.25) is 0 Å². The number of unbranched alkanes of at least 4 members (excludes halogenated alkanes) is 8. The molecule has 224 valence electrons. The maximum Gasteiger partial charge on any atom is 0.161 e. The van der Waals surface area contributed by atoms with Crippen molar-refractivity contribution in [2.45, 2.75) is 105 Å². The summed E-state index contributed by atoms with van der Waals surface area (Å²) in [5, 5.41) is 0. The minimum Gasteiger partial charge on any atom is -0.490 e. The van der Waals surface area contributed by atoms with Gasteiger partial charge in [0.1, 0.15) is 0 Å². The molecule has 0 aromatic heterocycles. The molecule has 2 rings (SSSR count). The van der Waals surface area contributed by atoms with Crippen molar-refractivity contribution in [1.82, 2.24) is 0 Å². The Morgan fingerprint density at radius 3 is 1.05 bits per heavy atom. The van der Waals surface area contributed by atoms with Crippen LogP contribution in [0.15, 0.2) is 36.4 Å². The summed E-state index contributed by atoms with van der Waals surface area (Å²) >= 11 is 9.81. The van der Waals surface area contributed by atoms with E-state index in [4.69, 9.17) is 44.2 Å². The lowest BCUT2D eigenvalue weighted by atomic mass is 10.1. The number of benzene rings is 2. The molecule has 0 atom stereocenters. The molecule has 0 aliphatic heterocycles. The molecule has 0 saturated heterocycles. The van der Waals surface area contributed by atoms with Gasteiger partial charge in [0, 0.05) is 9.81 Å². The summed E-state index contributed by atoms with van der Waals surface area (Å²) in [5.74, 6) is 3.08. The largest absolute Gasteiger partial charge is 0.490 e. The second-order valence-electron chi connectivity index (χ2n) is 10.2. The van der Waals surface area contributed by atoms with E-state index < -0.39 is 0 Å². The first kappa shape index (κ1) is 34.3. The van der Waals surface area contributed by atoms with E-state index in [1.807, 2.05) is 36.4 Å². The van der Waals surface area contributed by atoms with Gasteiger partial charge in [0.05, 0.1) is 26.4 Å². The van der Waals surface area contributed by atoms with Crippen LogP contribution in [0.1, 0.15) is 116 Å². The van der Waals surface area contributed by atoms with Gasteiger partial charge >= 0.3 is 0 Å². The van der Waals surface area contributed by atoms with Crippen LogP contribution in [0.3, 0.4) is 0 Å². The van der Waals surface area contributed by atoms with E-state index in [0.717, 1.165) is 108 Å². The summed E-state index contributed by atoms with van der Waals surface area (Å²) in [6, 6.07) is 12.1. The minimum absolute atomic E-state index is 0.667. The molecule has 0 N–H and O–H groups in total. The van der Waals surface area contributed by atoms with E-state index in [9.17, 15) is 0 Å². The zero-order valence-corrected chi connectivity index (χ0v) is 27.1. The third-order valence-electron chi connectivity index (χ3n) is 6.68. The molecular formula is C34H52O4S2. The summed E-state index contributed by atoms with van der Waals surface area (Å²) in [4.78, 5) is 1.54. The molecule has 0 unspecified atom stereocenters. The quantitative estimate of drug-likeness (QED) is 0.0815. The Balaban J connectivity index is 2.30. The van der Waals surface area contributed by atoms with Crippen molar-refractivity contribution < 1.29 is 18.9 Å². The van der Waals surface area contributed by atoms with Crippen LogP contribution in [0.5, 0.6) is 23.0 Å². The van der Waals surface area contributed by atoms with Gasteiger partial charge in [-0.25, -0.2) is 0 Å². The molecule has 6 heteroatoms. The first-order valence-electron chi connectivity index (χ1n) is 15.5. The third kappa shape index (κ3) is 12.3. The summed E-state index contributed by atoms with van der Waals surface area (Å²) in [6.45, 7) is 11.5. The molecule has 0 aliphatic rings. The predicted molar refractivity (Wildman–Crippen MR) is 178 cm³/mol. The maximum absolute atomic E-state index is 6.18. The lowest BCUT2D eigenvalue weighted by molar-refractivity contribution is 0.259. The number of hydrogen-bond acceptors (Lipinski definition) is 6. The number of rotatable bonds is 22. The van der Waals surface area contributed by atoms with Crippen LogP contribution < -0.4 is 18.9 Å². The van der Waals surface area contributed by atoms with E-state index in [-0.39, 0.29) is 0 Å². The second-order valence-corrected chi connectivity index (χ2v) is 11.1. The fourth-order valence-corrected chi connectivity index (χ4v) is 4.72. The Kier molecular flexibility index (Phi) is 17.9. The van der Waals surface area contributed by atoms with Gasteiger partial charge in [-0.15, -0.1) is 25.3 Å². The maximum atomic E-state index is 6.18. The van der Waals surface area contributed by atoms with Crippen LogP contribution in [0.4, 0.5) is 0 Å². The fraction of sp³-hybridized carbons (Fsp3) is 0.588. The highest BCUT2D eigenvalue weighted by atomic mass is 32.1. The Morgan fingerprint density at radius 2 is 0.750 bits per heavy atom. The smallest absolute Gasteiger partial charge is 0.161 e. The van der Waals surface area contributed by atoms with Gasteiger partial charge in [-0.2, -0.15) is 0 Å². The molecule has 40 heavy (non-hydrogen) atoms. The fourth-order valence-electron chi connectivity index (χ4n) is 4.19. The molecule has 0 saturated carbocycles. The third-order valence-corrected chi connectivity index (χ3v) is 7.82. The molecule has 0 spiro atoms. The van der Waals surface area contributed by atoms with Crippen molar-refractivity contribution >= 4 is 35.1 Å². The molecule has 0 aliphatic carbocycles. The van der Waals surface area contributed by atoms with Gasteiger partial charge in [0.15, 0.2) is 23.0 Å². The van der Waals surface area contributed by atoms with Crippen molar-refractivity contribution in [3.63, 3.8) is 0 Å². The van der Waals surface area contributed by atoms with E-state index >= 15 is 0 Å². The lowest BCUT2D eigenvalue weighted by Gasteiger charge is -2.16. The number of thiol groups is 2. The molecule has 4 nitrogen and oxygen atoms in total. The average molecular weight is 589 g/mol. The Morgan fingerprint density at radius 1 is 0.450 bits per heavy atom. The highest BCUT2D eigenvalue weighted by Gasteiger charge is 2.14. The number of ether oxygens (including phenoxy) is 4. The van der Waals surface area contributed by atoms with Crippen molar-refractivity contribution in [2.75, 3.05) is 26.4 Å². The molecule has 0 fully saturated rings. The highest BCUT2D eigenvalue weighted by Crippen LogP contribution is 2.39. The zero-order valence-electron chi connectivity index (χ0n) is 25.3. The van der Waals surface area contributed by atoms with Crippen LogP contribution in [-0.2, 0) is 0 Å². The van der Waals surface area contributed by atoms with Crippen molar-refractivity contribution in [1.29, 1.82) is 0 Å². The van der Waals surface area contributed by atoms with Crippen LogP contribution in [0.2, 0.25) is 0 Å². The minimum atomic E-state index is 0.667. The summed E-state index contributed by atoms with van der Waals surface area (Å²) in [6.07, 6.45) is 13.4. The van der Waals surface area contributed by atoms with Crippen molar-refractivity contribution in [2.24, 2.45) is 0 Å². The van der Waals surface area contributed by atoms with Gasteiger partial charge in [0.25, 0.3) is 0 Å². The Hall–Kier alpha value is -1.92. The number of hydrogen-bond donors (Lipinski definition) is 2. The van der Waals surface area contributed by atoms with Crippen molar-refractivity contribution in [3.05, 3.63) is 47.5 Å². The Bertz CT molecular complexity index is 926. The second kappa shape index (κ2) is 20.9. The SMILES string of the molecule is CCCCCOc1ccc(/C(S)=C(\S)c2ccc(OCCCCC)c(OCCCCC)c2)cc1OCCCCC. The van der Waals surface area contributed by atoms with Crippen LogP contribution in [-0.4, -0.2) is 26.4 Å². The summed E-state index contributed by atoms with van der Waals surface area (Å²) < 4.78 is 24.5. The zero-order chi connectivity index (χ0) is 29.0. The summed E-state index contributed by atoms with van der Waals surface area (Å²) in [7, 11) is 0. The van der Waals surface area contributed by atoms with E-state index in [1.165, 1.54) is 12.8 Å². The first-order chi connectivity index (χ1) is 19.5. The van der Waals surface area contributed by atoms with Crippen LogP contribution in [0, 0.1) is 0 Å². The molecule has 0 radical (unpaired) electrons. The van der Waals surface area contributed by atoms with Crippen LogP contribution in [0.25, 0.3) is 9.81 Å². The Labute approximate surface area is 255 Å². The van der Waals surface area contributed by atoms with Gasteiger partial charge in [-0.05, 0) is 73.2 Å². The monoisotopic (exact) mass is 588 g/mol. The van der Waals surface area contributed by atoms with Crippen LogP contribution >= 0.6 is 25.3 Å². The van der Waals surface area contributed by atoms with Crippen molar-refractivity contribution in [3.8, 4) is 23.0 Å². The molecule has 0 bridgehead atoms. The average Bonchev–Trinajstić information content (AvgIpc) is 2.98. The standard InChI is InChI=1S/C34H52O4S2/c1-5-9-13-21-35-29-19-17-27(25-31(29)37-23-15-11-7-3)33(39)34(40)28-18-20-30(36-22-14-10-6-2)32(26-28)38-24-16-12-8-4/h17-20,25-26,39-40H,5-16,21-24H2,1-4H3/b34-33+.